The van der Waals surface area contributed by atoms with Crippen molar-refractivity contribution < 1.29 is 19.4 Å². The molecule has 0 aromatic heterocycles. The molecule has 1 saturated carbocycles. The molecule has 6 nitrogen and oxygen atoms in total. The molecule has 0 unspecified atom stereocenters. The molecule has 1 amide bonds. The van der Waals surface area contributed by atoms with E-state index in [1.54, 1.807) is 0 Å². The lowest BCUT2D eigenvalue weighted by Crippen LogP contribution is -2.68. The molecule has 2 aliphatic heterocycles. The van der Waals surface area contributed by atoms with Crippen LogP contribution in [0.5, 0.6) is 0 Å². The van der Waals surface area contributed by atoms with Gasteiger partial charge in [0.25, 0.3) is 0 Å². The van der Waals surface area contributed by atoms with Gasteiger partial charge in [0.15, 0.2) is 0 Å². The Labute approximate surface area is 237 Å². The standard InChI is InChI=1S/C33H54N2O4/c1-32(2,3)39-31(37)35-22-27-20-30(36)29-21-28(27)33(25-35,24-34-29)18-14-9-7-5-4-6-8-10-15-19-38-23-26-16-12-11-13-17-26/h11-13,16-17,27-30,34,36H,4-10,14-15,18-25H2,1-3H3/t27-,28-,29+,30+,33+/m1/s1. The molecule has 0 radical (unpaired) electrons. The molecule has 6 heteroatoms. The van der Waals surface area contributed by atoms with Crippen LogP contribution in [0.25, 0.3) is 0 Å². The number of ether oxygens (including phenoxy) is 2. The van der Waals surface area contributed by atoms with Crippen LogP contribution < -0.4 is 5.32 Å². The number of rotatable bonds is 14. The number of hydrogen-bond acceptors (Lipinski definition) is 5. The van der Waals surface area contributed by atoms with E-state index >= 15 is 0 Å². The number of carbonyl (C=O) groups excluding carboxylic acids is 1. The number of aliphatic hydroxyl groups excluding tert-OH is 1. The first-order chi connectivity index (χ1) is 18.8. The quantitative estimate of drug-likeness (QED) is 0.256. The lowest BCUT2D eigenvalue weighted by atomic mass is 9.56. The number of unbranched alkanes of at least 4 members (excludes halogenated alkanes) is 8. The molecule has 3 fully saturated rings. The Morgan fingerprint density at radius 3 is 2.36 bits per heavy atom. The van der Waals surface area contributed by atoms with Gasteiger partial charge in [-0.05, 0) is 63.9 Å². The van der Waals surface area contributed by atoms with Crippen LogP contribution in [0, 0.1) is 17.3 Å². The molecule has 39 heavy (non-hydrogen) atoms. The topological polar surface area (TPSA) is 71.0 Å². The minimum Gasteiger partial charge on any atom is -0.444 e. The number of hydrogen-bond donors (Lipinski definition) is 2. The van der Waals surface area contributed by atoms with Crippen LogP contribution in [0.4, 0.5) is 4.79 Å². The Bertz CT molecular complexity index is 872. The molecule has 1 aromatic carbocycles. The van der Waals surface area contributed by atoms with E-state index in [1.807, 2.05) is 31.7 Å². The van der Waals surface area contributed by atoms with Gasteiger partial charge in [0, 0.05) is 37.7 Å². The lowest BCUT2D eigenvalue weighted by Gasteiger charge is -2.59. The second kappa shape index (κ2) is 14.3. The fourth-order valence-electron chi connectivity index (χ4n) is 7.30. The van der Waals surface area contributed by atoms with Crippen molar-refractivity contribution in [2.45, 2.75) is 122 Å². The Morgan fingerprint density at radius 1 is 1.00 bits per heavy atom. The first kappa shape index (κ1) is 30.3. The number of benzene rings is 1. The van der Waals surface area contributed by atoms with Crippen LogP contribution in [0.3, 0.4) is 0 Å². The number of likely N-dealkylation sites (tertiary alicyclic amines) is 1. The molecule has 2 saturated heterocycles. The Morgan fingerprint density at radius 2 is 1.67 bits per heavy atom. The lowest BCUT2D eigenvalue weighted by molar-refractivity contribution is -0.110. The molecule has 1 aromatic rings. The van der Waals surface area contributed by atoms with Gasteiger partial charge in [-0.3, -0.25) is 0 Å². The van der Waals surface area contributed by atoms with Gasteiger partial charge in [0.05, 0.1) is 12.7 Å². The number of amides is 1. The smallest absolute Gasteiger partial charge is 0.410 e. The second-order valence-electron chi connectivity index (χ2n) is 13.6. The van der Waals surface area contributed by atoms with E-state index in [-0.39, 0.29) is 23.7 Å². The zero-order chi connectivity index (χ0) is 27.7. The average Bonchev–Trinajstić information content (AvgIpc) is 2.90. The summed E-state index contributed by atoms with van der Waals surface area (Å²) >= 11 is 0. The third kappa shape index (κ3) is 8.93. The zero-order valence-electron chi connectivity index (χ0n) is 24.8. The fourth-order valence-corrected chi connectivity index (χ4v) is 7.30. The van der Waals surface area contributed by atoms with Crippen molar-refractivity contribution in [2.24, 2.45) is 17.3 Å². The molecule has 2 N–H and O–H groups in total. The highest BCUT2D eigenvalue weighted by Gasteiger charge is 2.55. The van der Waals surface area contributed by atoms with Crippen molar-refractivity contribution in [3.8, 4) is 0 Å². The fraction of sp³-hybridized carbons (Fsp3) is 0.788. The van der Waals surface area contributed by atoms with E-state index in [1.165, 1.54) is 56.9 Å². The molecule has 4 rings (SSSR count). The van der Waals surface area contributed by atoms with Gasteiger partial charge >= 0.3 is 6.09 Å². The van der Waals surface area contributed by atoms with Gasteiger partial charge in [-0.25, -0.2) is 4.79 Å². The zero-order valence-corrected chi connectivity index (χ0v) is 24.8. The highest BCUT2D eigenvalue weighted by molar-refractivity contribution is 5.68. The molecule has 3 aliphatic rings. The molecule has 2 heterocycles. The van der Waals surface area contributed by atoms with E-state index in [2.05, 4.69) is 29.6 Å². The van der Waals surface area contributed by atoms with Crippen LogP contribution in [0.1, 0.15) is 103 Å². The van der Waals surface area contributed by atoms with Crippen molar-refractivity contribution in [1.82, 2.24) is 10.2 Å². The van der Waals surface area contributed by atoms with Crippen molar-refractivity contribution in [3.05, 3.63) is 35.9 Å². The normalized spacial score (nSPS) is 28.4. The number of piperidine rings is 2. The summed E-state index contributed by atoms with van der Waals surface area (Å²) in [5.74, 6) is 0.978. The summed E-state index contributed by atoms with van der Waals surface area (Å²) in [6.45, 7) is 9.81. The van der Waals surface area contributed by atoms with Gasteiger partial charge in [0.1, 0.15) is 5.60 Å². The highest BCUT2D eigenvalue weighted by atomic mass is 16.6. The average molecular weight is 543 g/mol. The summed E-state index contributed by atoms with van der Waals surface area (Å²) in [6, 6.07) is 10.6. The van der Waals surface area contributed by atoms with E-state index in [0.717, 1.165) is 58.5 Å². The van der Waals surface area contributed by atoms with Crippen LogP contribution in [0.15, 0.2) is 30.3 Å². The molecule has 0 spiro atoms. The summed E-state index contributed by atoms with van der Waals surface area (Å²) in [6.07, 6.45) is 14.0. The third-order valence-corrected chi connectivity index (χ3v) is 9.28. The SMILES string of the molecule is CC(C)(C)OC(=O)N1C[C@H]2C[C@H](O)[C@@H]3C[C@H]2[C@@](CCCCCCCCCCCOCc2ccccc2)(CN3)C1. The minimum atomic E-state index is -0.487. The summed E-state index contributed by atoms with van der Waals surface area (Å²) in [4.78, 5) is 15.0. The van der Waals surface area contributed by atoms with Gasteiger partial charge in [-0.1, -0.05) is 81.7 Å². The van der Waals surface area contributed by atoms with Crippen LogP contribution in [0.2, 0.25) is 0 Å². The minimum absolute atomic E-state index is 0.110. The maximum Gasteiger partial charge on any atom is 0.410 e. The maximum absolute atomic E-state index is 13.0. The monoisotopic (exact) mass is 542 g/mol. The maximum atomic E-state index is 13.0. The summed E-state index contributed by atoms with van der Waals surface area (Å²) in [7, 11) is 0. The summed E-state index contributed by atoms with van der Waals surface area (Å²) < 4.78 is 11.6. The predicted octanol–water partition coefficient (Wildman–Crippen LogP) is 6.70. The number of nitrogens with one attached hydrogen (secondary N) is 1. The van der Waals surface area contributed by atoms with Crippen molar-refractivity contribution in [3.63, 3.8) is 0 Å². The number of fused-ring (bicyclic) bond motifs is 1. The number of nitrogens with zero attached hydrogens (tertiary/aromatic N) is 1. The van der Waals surface area contributed by atoms with E-state index in [9.17, 15) is 9.90 Å². The van der Waals surface area contributed by atoms with Crippen molar-refractivity contribution in [1.29, 1.82) is 0 Å². The van der Waals surface area contributed by atoms with Crippen LogP contribution in [-0.4, -0.2) is 60.1 Å². The first-order valence-corrected chi connectivity index (χ1v) is 15.8. The van der Waals surface area contributed by atoms with Gasteiger partial charge in [-0.2, -0.15) is 0 Å². The largest absolute Gasteiger partial charge is 0.444 e. The molecular weight excluding hydrogens is 488 g/mol. The number of carbonyl (C=O) groups is 1. The molecule has 5 atom stereocenters. The Balaban J connectivity index is 1.11. The summed E-state index contributed by atoms with van der Waals surface area (Å²) in [5, 5.41) is 14.3. The Hall–Kier alpha value is -1.63. The molecule has 2 bridgehead atoms. The van der Waals surface area contributed by atoms with Crippen molar-refractivity contribution >= 4 is 6.09 Å². The van der Waals surface area contributed by atoms with Gasteiger partial charge in [0.2, 0.25) is 0 Å². The van der Waals surface area contributed by atoms with Gasteiger partial charge < -0.3 is 24.8 Å². The Kier molecular flexibility index (Phi) is 11.1. The van der Waals surface area contributed by atoms with E-state index in [4.69, 9.17) is 9.47 Å². The van der Waals surface area contributed by atoms with E-state index in [0.29, 0.717) is 11.8 Å². The molecule has 1 aliphatic carbocycles. The first-order valence-electron chi connectivity index (χ1n) is 15.8. The number of aliphatic hydroxyl groups is 1. The second-order valence-corrected chi connectivity index (χ2v) is 13.6. The predicted molar refractivity (Wildman–Crippen MR) is 157 cm³/mol. The third-order valence-electron chi connectivity index (χ3n) is 9.28. The van der Waals surface area contributed by atoms with E-state index < -0.39 is 5.60 Å². The highest BCUT2D eigenvalue weighted by Crippen LogP contribution is 2.51. The summed E-state index contributed by atoms with van der Waals surface area (Å²) in [5.41, 5.74) is 0.875. The molecule has 220 valence electrons. The van der Waals surface area contributed by atoms with Crippen LogP contribution >= 0.6 is 0 Å². The van der Waals surface area contributed by atoms with Crippen LogP contribution in [-0.2, 0) is 16.1 Å². The van der Waals surface area contributed by atoms with Crippen molar-refractivity contribution in [2.75, 3.05) is 26.2 Å². The molecular formula is C33H54N2O4. The van der Waals surface area contributed by atoms with Gasteiger partial charge in [-0.15, -0.1) is 0 Å².